The minimum absolute atomic E-state index is 0.0575. The second-order valence-corrected chi connectivity index (χ2v) is 10.9. The lowest BCUT2D eigenvalue weighted by atomic mass is 9.96. The zero-order chi connectivity index (χ0) is 29.2. The molecule has 212 valence electrons. The zero-order valence-corrected chi connectivity index (χ0v) is 24.7. The van der Waals surface area contributed by atoms with Gasteiger partial charge in [-0.3, -0.25) is 9.78 Å². The van der Waals surface area contributed by atoms with Gasteiger partial charge in [0.15, 0.2) is 5.11 Å². The molecule has 1 aliphatic rings. The van der Waals surface area contributed by atoms with Gasteiger partial charge in [-0.1, -0.05) is 42.5 Å². The first-order chi connectivity index (χ1) is 20.4. The number of nitrogens with one attached hydrogen (secondary N) is 2. The lowest BCUT2D eigenvalue weighted by Gasteiger charge is -2.28. The number of fused-ring (bicyclic) bond motifs is 1. The van der Waals surface area contributed by atoms with Crippen LogP contribution in [-0.4, -0.2) is 39.1 Å². The van der Waals surface area contributed by atoms with Crippen molar-refractivity contribution in [2.45, 2.75) is 32.4 Å². The highest BCUT2D eigenvalue weighted by Crippen LogP contribution is 2.41. The Balaban J connectivity index is 1.30. The molecular formula is C34H33N5O2S. The lowest BCUT2D eigenvalue weighted by molar-refractivity contribution is -0.116. The number of thiocarbonyl (C=S) groups is 1. The maximum absolute atomic E-state index is 13.2. The highest BCUT2D eigenvalue weighted by atomic mass is 32.1. The van der Waals surface area contributed by atoms with Crippen LogP contribution in [0.1, 0.15) is 41.1 Å². The number of aromatic nitrogens is 2. The predicted octanol–water partition coefficient (Wildman–Crippen LogP) is 6.65. The van der Waals surface area contributed by atoms with Crippen molar-refractivity contribution < 1.29 is 9.53 Å². The van der Waals surface area contributed by atoms with Gasteiger partial charge in [0.25, 0.3) is 0 Å². The molecule has 0 unspecified atom stereocenters. The number of carbonyl (C=O) groups is 1. The molecule has 8 heteroatoms. The Bertz CT molecular complexity index is 1740. The summed E-state index contributed by atoms with van der Waals surface area (Å²) in [6.45, 7) is 4.70. The van der Waals surface area contributed by atoms with Crippen LogP contribution in [0.4, 0.5) is 5.69 Å². The van der Waals surface area contributed by atoms with Crippen LogP contribution in [0.3, 0.4) is 0 Å². The first-order valence-electron chi connectivity index (χ1n) is 14.0. The van der Waals surface area contributed by atoms with Gasteiger partial charge in [0.05, 0.1) is 24.9 Å². The van der Waals surface area contributed by atoms with Gasteiger partial charge in [-0.15, -0.1) is 0 Å². The second kappa shape index (κ2) is 11.7. The first-order valence-corrected chi connectivity index (χ1v) is 14.4. The number of methoxy groups -OCH3 is 1. The fraction of sp³-hybridized carbons (Fsp3) is 0.206. The number of amides is 1. The number of rotatable bonds is 8. The van der Waals surface area contributed by atoms with E-state index in [4.69, 9.17) is 17.0 Å². The second-order valence-electron chi connectivity index (χ2n) is 10.5. The number of nitrogens with zero attached hydrogens (tertiary/aromatic N) is 3. The number of carbonyl (C=O) groups excluding carboxylic acids is 1. The molecule has 1 fully saturated rings. The SMILES string of the molecule is COc1ccc(-n2c(C)cc([C@@H]3[C@H](c4ccccn4)NC(=S)N3CCC(=O)Nc3cccc4ccccc34)c2C)cc1. The Morgan fingerprint density at radius 2 is 1.76 bits per heavy atom. The lowest BCUT2D eigenvalue weighted by Crippen LogP contribution is -2.33. The van der Waals surface area contributed by atoms with Crippen LogP contribution in [0.15, 0.2) is 97.2 Å². The molecule has 0 bridgehead atoms. The molecule has 0 spiro atoms. The smallest absolute Gasteiger partial charge is 0.226 e. The largest absolute Gasteiger partial charge is 0.497 e. The average molecular weight is 576 g/mol. The summed E-state index contributed by atoms with van der Waals surface area (Å²) in [7, 11) is 1.67. The molecule has 0 radical (unpaired) electrons. The van der Waals surface area contributed by atoms with Gasteiger partial charge in [0, 0.05) is 47.3 Å². The van der Waals surface area contributed by atoms with E-state index in [0.29, 0.717) is 11.7 Å². The number of hydrogen-bond acceptors (Lipinski definition) is 4. The quantitative estimate of drug-likeness (QED) is 0.202. The third kappa shape index (κ3) is 5.21. The van der Waals surface area contributed by atoms with E-state index in [9.17, 15) is 4.79 Å². The van der Waals surface area contributed by atoms with Gasteiger partial charge in [-0.05, 0) is 85.5 Å². The van der Waals surface area contributed by atoms with Gasteiger partial charge in [-0.2, -0.15) is 0 Å². The van der Waals surface area contributed by atoms with Crippen molar-refractivity contribution in [1.29, 1.82) is 0 Å². The number of anilines is 1. The van der Waals surface area contributed by atoms with E-state index < -0.39 is 0 Å². The Morgan fingerprint density at radius 1 is 1.00 bits per heavy atom. The molecule has 5 aromatic rings. The Morgan fingerprint density at radius 3 is 2.52 bits per heavy atom. The van der Waals surface area contributed by atoms with E-state index in [2.05, 4.69) is 57.1 Å². The molecule has 6 rings (SSSR count). The van der Waals surface area contributed by atoms with Crippen LogP contribution in [0.2, 0.25) is 0 Å². The molecule has 1 aliphatic heterocycles. The minimum atomic E-state index is -0.162. The van der Waals surface area contributed by atoms with E-state index in [1.807, 2.05) is 72.8 Å². The van der Waals surface area contributed by atoms with Crippen LogP contribution in [0, 0.1) is 13.8 Å². The monoisotopic (exact) mass is 575 g/mol. The standard InChI is InChI=1S/C34H33N5O2S/c1-22-21-28(23(2)39(22)25-14-16-26(41-3)17-15-25)33-32(30-12-6-7-19-35-30)37-34(42)38(33)20-18-31(40)36-29-13-8-10-24-9-4-5-11-27(24)29/h4-17,19,21,32-33H,18,20H2,1-3H3,(H,36,40)(H,37,42)/t32-,33+/m0/s1. The van der Waals surface area contributed by atoms with Crippen LogP contribution >= 0.6 is 12.2 Å². The van der Waals surface area contributed by atoms with E-state index in [-0.39, 0.29) is 24.4 Å². The fourth-order valence-electron chi connectivity index (χ4n) is 5.97. The molecule has 3 heterocycles. The summed E-state index contributed by atoms with van der Waals surface area (Å²) < 4.78 is 7.61. The van der Waals surface area contributed by atoms with Crippen molar-refractivity contribution in [3.8, 4) is 11.4 Å². The Labute approximate surface area is 251 Å². The van der Waals surface area contributed by atoms with E-state index in [1.54, 1.807) is 13.3 Å². The van der Waals surface area contributed by atoms with Gasteiger partial charge < -0.3 is 24.8 Å². The van der Waals surface area contributed by atoms with Gasteiger partial charge in [-0.25, -0.2) is 0 Å². The Hall–Kier alpha value is -4.69. The fourth-order valence-corrected chi connectivity index (χ4v) is 6.30. The summed E-state index contributed by atoms with van der Waals surface area (Å²) in [6, 6.07) is 29.9. The third-order valence-corrected chi connectivity index (χ3v) is 8.31. The number of benzene rings is 3. The van der Waals surface area contributed by atoms with Crippen molar-refractivity contribution in [3.63, 3.8) is 0 Å². The summed E-state index contributed by atoms with van der Waals surface area (Å²) >= 11 is 5.88. The molecule has 0 saturated carbocycles. The maximum Gasteiger partial charge on any atom is 0.226 e. The first kappa shape index (κ1) is 27.5. The molecule has 2 atom stereocenters. The van der Waals surface area contributed by atoms with Crippen LogP contribution in [-0.2, 0) is 4.79 Å². The van der Waals surface area contributed by atoms with Crippen molar-refractivity contribution >= 4 is 39.7 Å². The number of ether oxygens (including phenoxy) is 1. The predicted molar refractivity (Wildman–Crippen MR) is 171 cm³/mol. The molecule has 1 saturated heterocycles. The van der Waals surface area contributed by atoms with Crippen LogP contribution < -0.4 is 15.4 Å². The molecule has 2 aromatic heterocycles. The summed E-state index contributed by atoms with van der Waals surface area (Å²) in [5.41, 5.74) is 6.13. The van der Waals surface area contributed by atoms with Crippen molar-refractivity contribution in [3.05, 3.63) is 120 Å². The molecular weight excluding hydrogens is 542 g/mol. The van der Waals surface area contributed by atoms with E-state index in [0.717, 1.165) is 50.5 Å². The van der Waals surface area contributed by atoms with E-state index in [1.165, 1.54) is 0 Å². The molecule has 1 amide bonds. The normalized spacial score (nSPS) is 16.5. The average Bonchev–Trinajstić information content (AvgIpc) is 3.50. The maximum atomic E-state index is 13.2. The molecule has 7 nitrogen and oxygen atoms in total. The third-order valence-electron chi connectivity index (χ3n) is 7.96. The molecule has 42 heavy (non-hydrogen) atoms. The van der Waals surface area contributed by atoms with E-state index >= 15 is 0 Å². The van der Waals surface area contributed by atoms with Gasteiger partial charge in [0.2, 0.25) is 5.91 Å². The molecule has 0 aliphatic carbocycles. The van der Waals surface area contributed by atoms with Crippen molar-refractivity contribution in [2.75, 3.05) is 19.0 Å². The van der Waals surface area contributed by atoms with Crippen LogP contribution in [0.5, 0.6) is 5.75 Å². The number of hydrogen-bond donors (Lipinski definition) is 2. The number of aryl methyl sites for hydroxylation is 1. The summed E-state index contributed by atoms with van der Waals surface area (Å²) in [6.07, 6.45) is 2.09. The number of pyridine rings is 1. The summed E-state index contributed by atoms with van der Waals surface area (Å²) in [5, 5.41) is 9.36. The van der Waals surface area contributed by atoms with Gasteiger partial charge in [0.1, 0.15) is 5.75 Å². The van der Waals surface area contributed by atoms with Crippen molar-refractivity contribution in [1.82, 2.24) is 19.8 Å². The summed E-state index contributed by atoms with van der Waals surface area (Å²) in [4.78, 5) is 20.1. The van der Waals surface area contributed by atoms with Crippen LogP contribution in [0.25, 0.3) is 16.5 Å². The topological polar surface area (TPSA) is 71.4 Å². The zero-order valence-electron chi connectivity index (χ0n) is 23.9. The highest BCUT2D eigenvalue weighted by Gasteiger charge is 2.41. The van der Waals surface area contributed by atoms with Crippen molar-refractivity contribution in [2.24, 2.45) is 0 Å². The van der Waals surface area contributed by atoms with Gasteiger partial charge >= 0.3 is 0 Å². The Kier molecular flexibility index (Phi) is 7.63. The highest BCUT2D eigenvalue weighted by molar-refractivity contribution is 7.80. The molecule has 3 aromatic carbocycles. The summed E-state index contributed by atoms with van der Waals surface area (Å²) in [5.74, 6) is 0.757. The minimum Gasteiger partial charge on any atom is -0.497 e. The molecule has 2 N–H and O–H groups in total.